The summed E-state index contributed by atoms with van der Waals surface area (Å²) < 4.78 is 5.48. The number of rotatable bonds is 9. The molecule has 3 N–H and O–H groups in total. The van der Waals surface area contributed by atoms with Gasteiger partial charge in [-0.15, -0.1) is 0 Å². The van der Waals surface area contributed by atoms with Crippen LogP contribution >= 0.6 is 0 Å². The summed E-state index contributed by atoms with van der Waals surface area (Å²) in [6.07, 6.45) is 5.07. The Hall–Kier alpha value is -1.95. The van der Waals surface area contributed by atoms with Crippen LogP contribution in [-0.2, 0) is 19.5 Å². The molecule has 0 unspecified atom stereocenters. The Kier molecular flexibility index (Phi) is 7.00. The van der Waals surface area contributed by atoms with Gasteiger partial charge >= 0.3 is 0 Å². The van der Waals surface area contributed by atoms with Crippen LogP contribution in [0.5, 0.6) is 5.75 Å². The molecule has 0 aliphatic carbocycles. The number of nitrogens with one attached hydrogen (secondary N) is 1. The highest BCUT2D eigenvalue weighted by atomic mass is 16.5. The van der Waals surface area contributed by atoms with E-state index in [1.807, 2.05) is 18.3 Å². The number of methoxy groups -OCH3 is 1. The standard InChI is InChI=1S/C21H30N4O/c1-26-21-9-6-11-23-20(21)16-25(12-5-4-10-22)15-19-13-17-7-2-3-8-18(17)14-24-19/h2-3,6-9,11,19,24H,4-5,10,12-16,22H2,1H3/t19-/m1/s1. The molecule has 140 valence electrons. The van der Waals surface area contributed by atoms with Crippen molar-refractivity contribution < 1.29 is 4.74 Å². The van der Waals surface area contributed by atoms with Gasteiger partial charge in [-0.05, 0) is 55.6 Å². The maximum absolute atomic E-state index is 5.69. The first-order valence-electron chi connectivity index (χ1n) is 9.50. The van der Waals surface area contributed by atoms with Crippen LogP contribution in [0.15, 0.2) is 42.6 Å². The van der Waals surface area contributed by atoms with Gasteiger partial charge in [-0.1, -0.05) is 24.3 Å². The van der Waals surface area contributed by atoms with Crippen LogP contribution in [0.1, 0.15) is 29.7 Å². The molecule has 0 bridgehead atoms. The summed E-state index contributed by atoms with van der Waals surface area (Å²) in [5.41, 5.74) is 9.57. The quantitative estimate of drug-likeness (QED) is 0.677. The number of pyridine rings is 1. The molecule has 1 atom stereocenters. The van der Waals surface area contributed by atoms with Crippen molar-refractivity contribution in [3.05, 3.63) is 59.4 Å². The lowest BCUT2D eigenvalue weighted by Gasteiger charge is -2.32. The minimum Gasteiger partial charge on any atom is -0.495 e. The predicted molar refractivity (Wildman–Crippen MR) is 105 cm³/mol. The molecule has 26 heavy (non-hydrogen) atoms. The van der Waals surface area contributed by atoms with Crippen LogP contribution in [0, 0.1) is 0 Å². The lowest BCUT2D eigenvalue weighted by atomic mass is 9.95. The van der Waals surface area contributed by atoms with E-state index in [9.17, 15) is 0 Å². The average molecular weight is 354 g/mol. The number of hydrogen-bond donors (Lipinski definition) is 2. The van der Waals surface area contributed by atoms with Crippen molar-refractivity contribution in [2.24, 2.45) is 5.73 Å². The minimum absolute atomic E-state index is 0.456. The minimum atomic E-state index is 0.456. The molecule has 5 nitrogen and oxygen atoms in total. The smallest absolute Gasteiger partial charge is 0.141 e. The van der Waals surface area contributed by atoms with E-state index in [-0.39, 0.29) is 0 Å². The number of fused-ring (bicyclic) bond motifs is 1. The highest BCUT2D eigenvalue weighted by molar-refractivity contribution is 5.30. The van der Waals surface area contributed by atoms with E-state index in [0.29, 0.717) is 6.04 Å². The van der Waals surface area contributed by atoms with Gasteiger partial charge in [0.25, 0.3) is 0 Å². The summed E-state index contributed by atoms with van der Waals surface area (Å²) >= 11 is 0. The monoisotopic (exact) mass is 354 g/mol. The summed E-state index contributed by atoms with van der Waals surface area (Å²) in [6.45, 7) is 4.52. The molecule has 0 fully saturated rings. The third kappa shape index (κ3) is 5.04. The van der Waals surface area contributed by atoms with E-state index in [1.165, 1.54) is 11.1 Å². The molecule has 0 spiro atoms. The van der Waals surface area contributed by atoms with Crippen LogP contribution in [0.4, 0.5) is 0 Å². The van der Waals surface area contributed by atoms with Gasteiger partial charge in [0.05, 0.1) is 12.8 Å². The normalized spacial score (nSPS) is 16.5. The summed E-state index contributed by atoms with van der Waals surface area (Å²) in [5, 5.41) is 3.69. The number of aromatic nitrogens is 1. The lowest BCUT2D eigenvalue weighted by Crippen LogP contribution is -2.44. The first-order valence-corrected chi connectivity index (χ1v) is 9.50. The average Bonchev–Trinajstić information content (AvgIpc) is 2.68. The number of nitrogens with zero attached hydrogens (tertiary/aromatic N) is 2. The zero-order chi connectivity index (χ0) is 18.2. The first-order chi connectivity index (χ1) is 12.8. The van der Waals surface area contributed by atoms with Crippen molar-refractivity contribution in [3.8, 4) is 5.75 Å². The molecule has 0 saturated carbocycles. The summed E-state index contributed by atoms with van der Waals surface area (Å²) in [5.74, 6) is 0.860. The molecule has 1 aromatic heterocycles. The lowest BCUT2D eigenvalue weighted by molar-refractivity contribution is 0.219. The maximum atomic E-state index is 5.69. The molecule has 2 aromatic rings. The largest absolute Gasteiger partial charge is 0.495 e. The molecular weight excluding hydrogens is 324 g/mol. The van der Waals surface area contributed by atoms with Crippen molar-refractivity contribution in [3.63, 3.8) is 0 Å². The van der Waals surface area contributed by atoms with E-state index in [1.54, 1.807) is 7.11 Å². The second-order valence-electron chi connectivity index (χ2n) is 6.93. The highest BCUT2D eigenvalue weighted by Crippen LogP contribution is 2.20. The van der Waals surface area contributed by atoms with E-state index in [2.05, 4.69) is 39.5 Å². The van der Waals surface area contributed by atoms with Gasteiger partial charge in [-0.3, -0.25) is 9.88 Å². The zero-order valence-electron chi connectivity index (χ0n) is 15.7. The molecule has 1 aliphatic rings. The molecule has 0 saturated heterocycles. The van der Waals surface area contributed by atoms with Gasteiger partial charge in [0.1, 0.15) is 5.75 Å². The zero-order valence-corrected chi connectivity index (χ0v) is 15.7. The van der Waals surface area contributed by atoms with Gasteiger partial charge in [0.15, 0.2) is 0 Å². The Morgan fingerprint density at radius 3 is 2.85 bits per heavy atom. The maximum Gasteiger partial charge on any atom is 0.141 e. The van der Waals surface area contributed by atoms with Gasteiger partial charge < -0.3 is 15.8 Å². The molecular formula is C21H30N4O. The van der Waals surface area contributed by atoms with Gasteiger partial charge in [-0.2, -0.15) is 0 Å². The Bertz CT molecular complexity index is 691. The van der Waals surface area contributed by atoms with Crippen molar-refractivity contribution in [1.29, 1.82) is 0 Å². The van der Waals surface area contributed by atoms with Crippen molar-refractivity contribution in [2.45, 2.75) is 38.4 Å². The highest BCUT2D eigenvalue weighted by Gasteiger charge is 2.21. The Balaban J connectivity index is 1.66. The van der Waals surface area contributed by atoms with E-state index in [0.717, 1.165) is 63.4 Å². The molecule has 1 aliphatic heterocycles. The number of nitrogens with two attached hydrogens (primary N) is 1. The van der Waals surface area contributed by atoms with Crippen molar-refractivity contribution >= 4 is 0 Å². The molecule has 2 heterocycles. The number of unbranched alkanes of at least 4 members (excludes halogenated alkanes) is 1. The van der Waals surface area contributed by atoms with Gasteiger partial charge in [0, 0.05) is 31.9 Å². The van der Waals surface area contributed by atoms with Crippen LogP contribution in [0.25, 0.3) is 0 Å². The number of hydrogen-bond acceptors (Lipinski definition) is 5. The Morgan fingerprint density at radius 2 is 2.04 bits per heavy atom. The predicted octanol–water partition coefficient (Wildman–Crippen LogP) is 2.35. The number of benzene rings is 1. The van der Waals surface area contributed by atoms with E-state index in [4.69, 9.17) is 10.5 Å². The van der Waals surface area contributed by atoms with E-state index >= 15 is 0 Å². The van der Waals surface area contributed by atoms with Crippen molar-refractivity contribution in [2.75, 3.05) is 26.7 Å². The fourth-order valence-corrected chi connectivity index (χ4v) is 3.62. The SMILES string of the molecule is COc1cccnc1CN(CCCCN)C[C@H]1Cc2ccccc2CN1. The molecule has 3 rings (SSSR count). The first kappa shape index (κ1) is 18.8. The summed E-state index contributed by atoms with van der Waals surface area (Å²) in [4.78, 5) is 7.01. The number of ether oxygens (including phenoxy) is 1. The Labute approximate surface area is 156 Å². The van der Waals surface area contributed by atoms with Gasteiger partial charge in [0.2, 0.25) is 0 Å². The molecule has 1 aromatic carbocycles. The van der Waals surface area contributed by atoms with E-state index < -0.39 is 0 Å². The molecule has 0 amide bonds. The van der Waals surface area contributed by atoms with Crippen molar-refractivity contribution in [1.82, 2.24) is 15.2 Å². The Morgan fingerprint density at radius 1 is 1.19 bits per heavy atom. The fourth-order valence-electron chi connectivity index (χ4n) is 3.62. The van der Waals surface area contributed by atoms with Crippen LogP contribution in [0.2, 0.25) is 0 Å². The topological polar surface area (TPSA) is 63.4 Å². The molecule has 0 radical (unpaired) electrons. The fraction of sp³-hybridized carbons (Fsp3) is 0.476. The second-order valence-corrected chi connectivity index (χ2v) is 6.93. The third-order valence-corrected chi connectivity index (χ3v) is 5.01. The third-order valence-electron chi connectivity index (χ3n) is 5.01. The molecule has 5 heteroatoms. The second kappa shape index (κ2) is 9.67. The summed E-state index contributed by atoms with van der Waals surface area (Å²) in [6, 6.07) is 13.1. The van der Waals surface area contributed by atoms with Gasteiger partial charge in [-0.25, -0.2) is 0 Å². The van der Waals surface area contributed by atoms with Crippen LogP contribution in [0.3, 0.4) is 0 Å². The van der Waals surface area contributed by atoms with Crippen LogP contribution in [-0.4, -0.2) is 42.7 Å². The van der Waals surface area contributed by atoms with Crippen LogP contribution < -0.4 is 15.8 Å². The summed E-state index contributed by atoms with van der Waals surface area (Å²) in [7, 11) is 1.71.